The number of benzene rings is 3. The first-order valence-corrected chi connectivity index (χ1v) is 10.8. The Balaban J connectivity index is 1.66. The Bertz CT molecular complexity index is 1310. The van der Waals surface area contributed by atoms with E-state index < -0.39 is 0 Å². The third-order valence-electron chi connectivity index (χ3n) is 6.12. The van der Waals surface area contributed by atoms with Crippen molar-refractivity contribution < 1.29 is 4.42 Å². The summed E-state index contributed by atoms with van der Waals surface area (Å²) in [7, 11) is 0. The van der Waals surface area contributed by atoms with Crippen molar-refractivity contribution in [2.75, 3.05) is 0 Å². The maximum absolute atomic E-state index is 6.41. The lowest BCUT2D eigenvalue weighted by atomic mass is 9.93. The van der Waals surface area contributed by atoms with Gasteiger partial charge in [-0.1, -0.05) is 62.4 Å². The average Bonchev–Trinajstić information content (AvgIpc) is 3.19. The number of aromatic nitrogens is 1. The molecule has 0 aliphatic carbocycles. The maximum atomic E-state index is 6.41. The molecular weight excluding hydrogens is 366 g/mol. The molecule has 0 amide bonds. The summed E-state index contributed by atoms with van der Waals surface area (Å²) < 4.78 is 6.41. The fourth-order valence-corrected chi connectivity index (χ4v) is 4.42. The first-order valence-electron chi connectivity index (χ1n) is 10.8. The number of nitrogens with zero attached hydrogens (tertiary/aromatic N) is 1. The molecule has 0 atom stereocenters. The Morgan fingerprint density at radius 1 is 0.767 bits per heavy atom. The topological polar surface area (TPSA) is 26.0 Å². The van der Waals surface area contributed by atoms with Crippen LogP contribution in [-0.2, 0) is 0 Å². The summed E-state index contributed by atoms with van der Waals surface area (Å²) in [6.45, 7) is 4.50. The van der Waals surface area contributed by atoms with E-state index >= 15 is 0 Å². The summed E-state index contributed by atoms with van der Waals surface area (Å²) in [6.07, 6.45) is 4.20. The summed E-state index contributed by atoms with van der Waals surface area (Å²) >= 11 is 0. The highest BCUT2D eigenvalue weighted by Crippen LogP contribution is 2.37. The Morgan fingerprint density at radius 2 is 1.60 bits per heavy atom. The van der Waals surface area contributed by atoms with E-state index in [1.807, 2.05) is 12.3 Å². The van der Waals surface area contributed by atoms with E-state index in [0.29, 0.717) is 5.92 Å². The highest BCUT2D eigenvalue weighted by atomic mass is 16.3. The van der Waals surface area contributed by atoms with Gasteiger partial charge >= 0.3 is 0 Å². The summed E-state index contributed by atoms with van der Waals surface area (Å²) in [5, 5.41) is 2.28. The molecule has 0 radical (unpaired) electrons. The van der Waals surface area contributed by atoms with Gasteiger partial charge in [-0.2, -0.15) is 0 Å². The fraction of sp³-hybridized carbons (Fsp3) is 0.179. The molecule has 5 aromatic rings. The number of hydrogen-bond donors (Lipinski definition) is 0. The van der Waals surface area contributed by atoms with E-state index in [4.69, 9.17) is 4.42 Å². The average molecular weight is 392 g/mol. The number of pyridine rings is 1. The largest absolute Gasteiger partial charge is 0.455 e. The van der Waals surface area contributed by atoms with Gasteiger partial charge in [-0.15, -0.1) is 0 Å². The van der Waals surface area contributed by atoms with Crippen LogP contribution >= 0.6 is 0 Å². The fourth-order valence-electron chi connectivity index (χ4n) is 4.42. The molecule has 5 rings (SSSR count). The molecule has 148 valence electrons. The zero-order valence-corrected chi connectivity index (χ0v) is 17.4. The molecule has 2 heteroatoms. The first kappa shape index (κ1) is 18.6. The third-order valence-corrected chi connectivity index (χ3v) is 6.12. The second-order valence-electron chi connectivity index (χ2n) is 7.85. The molecule has 0 aliphatic heterocycles. The van der Waals surface area contributed by atoms with Gasteiger partial charge in [0.2, 0.25) is 0 Å². The van der Waals surface area contributed by atoms with Crippen molar-refractivity contribution in [1.82, 2.24) is 4.98 Å². The van der Waals surface area contributed by atoms with Crippen molar-refractivity contribution in [3.05, 3.63) is 90.6 Å². The van der Waals surface area contributed by atoms with Crippen molar-refractivity contribution in [1.29, 1.82) is 0 Å². The predicted molar refractivity (Wildman–Crippen MR) is 126 cm³/mol. The Labute approximate surface area is 177 Å². The number of para-hydroxylation sites is 1. The Morgan fingerprint density at radius 3 is 2.40 bits per heavy atom. The van der Waals surface area contributed by atoms with Crippen molar-refractivity contribution >= 4 is 21.9 Å². The van der Waals surface area contributed by atoms with Crippen LogP contribution in [0.1, 0.15) is 38.2 Å². The van der Waals surface area contributed by atoms with Gasteiger partial charge in [-0.3, -0.25) is 4.98 Å². The van der Waals surface area contributed by atoms with Crippen LogP contribution in [0.4, 0.5) is 0 Å². The molecule has 0 saturated carbocycles. The molecule has 30 heavy (non-hydrogen) atoms. The van der Waals surface area contributed by atoms with E-state index in [2.05, 4.69) is 91.6 Å². The monoisotopic (exact) mass is 391 g/mol. The van der Waals surface area contributed by atoms with Crippen molar-refractivity contribution in [3.63, 3.8) is 0 Å². The standard InChI is InChI=1S/C28H25NO/c1-3-19(4-2)22-15-16-29-26(17-22)25-12-8-11-24-23-14-13-21(18-27(23)30-28(24)25)20-9-6-5-7-10-20/h5-19H,3-4H2,1-2H3. The van der Waals surface area contributed by atoms with Gasteiger partial charge < -0.3 is 4.42 Å². The van der Waals surface area contributed by atoms with Crippen LogP contribution < -0.4 is 0 Å². The minimum Gasteiger partial charge on any atom is -0.455 e. The molecule has 0 aliphatic rings. The number of hydrogen-bond acceptors (Lipinski definition) is 2. The number of rotatable bonds is 5. The normalized spacial score (nSPS) is 11.6. The maximum Gasteiger partial charge on any atom is 0.144 e. The number of fused-ring (bicyclic) bond motifs is 3. The Hall–Kier alpha value is -3.39. The predicted octanol–water partition coefficient (Wildman–Crippen LogP) is 8.22. The molecule has 0 fully saturated rings. The summed E-state index contributed by atoms with van der Waals surface area (Å²) in [6, 6.07) is 27.6. The molecule has 2 nitrogen and oxygen atoms in total. The molecule has 0 bridgehead atoms. The van der Waals surface area contributed by atoms with Crippen LogP contribution in [0.15, 0.2) is 89.5 Å². The van der Waals surface area contributed by atoms with Crippen LogP contribution in [0, 0.1) is 0 Å². The van der Waals surface area contributed by atoms with E-state index in [0.717, 1.165) is 51.6 Å². The van der Waals surface area contributed by atoms with Crippen LogP contribution in [0.2, 0.25) is 0 Å². The molecule has 2 aromatic heterocycles. The molecule has 0 unspecified atom stereocenters. The van der Waals surface area contributed by atoms with Crippen LogP contribution in [-0.4, -0.2) is 4.98 Å². The lowest BCUT2D eigenvalue weighted by Gasteiger charge is -2.13. The summed E-state index contributed by atoms with van der Waals surface area (Å²) in [5.74, 6) is 0.565. The molecule has 3 aromatic carbocycles. The second kappa shape index (κ2) is 7.79. The molecular formula is C28H25NO. The highest BCUT2D eigenvalue weighted by molar-refractivity contribution is 6.10. The zero-order valence-electron chi connectivity index (χ0n) is 17.4. The smallest absolute Gasteiger partial charge is 0.144 e. The summed E-state index contributed by atoms with van der Waals surface area (Å²) in [5.41, 5.74) is 7.56. The quantitative estimate of drug-likeness (QED) is 0.302. The molecule has 2 heterocycles. The van der Waals surface area contributed by atoms with Crippen molar-refractivity contribution in [2.24, 2.45) is 0 Å². The van der Waals surface area contributed by atoms with Gasteiger partial charge in [0.25, 0.3) is 0 Å². The van der Waals surface area contributed by atoms with Gasteiger partial charge in [0.15, 0.2) is 0 Å². The highest BCUT2D eigenvalue weighted by Gasteiger charge is 2.15. The molecule has 0 spiro atoms. The second-order valence-corrected chi connectivity index (χ2v) is 7.85. The zero-order chi connectivity index (χ0) is 20.5. The van der Waals surface area contributed by atoms with E-state index in [-0.39, 0.29) is 0 Å². The summed E-state index contributed by atoms with van der Waals surface area (Å²) in [4.78, 5) is 4.69. The SMILES string of the molecule is CCC(CC)c1ccnc(-c2cccc3c2oc2cc(-c4ccccc4)ccc23)c1. The third kappa shape index (κ3) is 3.19. The molecule has 0 N–H and O–H groups in total. The number of furan rings is 1. The van der Waals surface area contributed by atoms with Gasteiger partial charge in [-0.25, -0.2) is 0 Å². The first-order chi connectivity index (χ1) is 14.8. The van der Waals surface area contributed by atoms with Gasteiger partial charge in [0, 0.05) is 22.5 Å². The van der Waals surface area contributed by atoms with Crippen LogP contribution in [0.5, 0.6) is 0 Å². The minimum atomic E-state index is 0.565. The lowest BCUT2D eigenvalue weighted by Crippen LogP contribution is -1.96. The Kier molecular flexibility index (Phi) is 4.84. The van der Waals surface area contributed by atoms with Crippen molar-refractivity contribution in [3.8, 4) is 22.4 Å². The van der Waals surface area contributed by atoms with Crippen molar-refractivity contribution in [2.45, 2.75) is 32.6 Å². The van der Waals surface area contributed by atoms with Gasteiger partial charge in [0.05, 0.1) is 5.69 Å². The lowest BCUT2D eigenvalue weighted by molar-refractivity contribution is 0.641. The van der Waals surface area contributed by atoms with E-state index in [9.17, 15) is 0 Å². The van der Waals surface area contributed by atoms with E-state index in [1.54, 1.807) is 0 Å². The van der Waals surface area contributed by atoms with Gasteiger partial charge in [-0.05, 0) is 65.8 Å². The molecule has 0 saturated heterocycles. The van der Waals surface area contributed by atoms with Crippen LogP contribution in [0.25, 0.3) is 44.3 Å². The minimum absolute atomic E-state index is 0.565. The van der Waals surface area contributed by atoms with Crippen LogP contribution in [0.3, 0.4) is 0 Å². The van der Waals surface area contributed by atoms with Gasteiger partial charge in [0.1, 0.15) is 11.2 Å². The van der Waals surface area contributed by atoms with E-state index in [1.165, 1.54) is 11.1 Å².